The van der Waals surface area contributed by atoms with E-state index in [9.17, 15) is 9.18 Å². The number of anilines is 1. The minimum absolute atomic E-state index is 0.133. The molecule has 0 saturated carbocycles. The van der Waals surface area contributed by atoms with Gasteiger partial charge in [0.1, 0.15) is 11.6 Å². The lowest BCUT2D eigenvalue weighted by Crippen LogP contribution is -2.28. The normalized spacial score (nSPS) is 11.1. The van der Waals surface area contributed by atoms with Crippen molar-refractivity contribution < 1.29 is 9.18 Å². The van der Waals surface area contributed by atoms with E-state index in [2.05, 4.69) is 15.6 Å². The van der Waals surface area contributed by atoms with Crippen molar-refractivity contribution in [1.82, 2.24) is 10.3 Å². The second kappa shape index (κ2) is 7.22. The Morgan fingerprint density at radius 3 is 2.65 bits per heavy atom. The fourth-order valence-corrected chi connectivity index (χ4v) is 2.22. The molecule has 1 aromatic carbocycles. The Morgan fingerprint density at radius 1 is 1.26 bits per heavy atom. The van der Waals surface area contributed by atoms with Crippen molar-refractivity contribution in [3.05, 3.63) is 59.5 Å². The standard InChI is InChI=1S/C18H22FN3O/c1-4-20-17(23)13-8-9-16(21-11-13)22-12-18(2,3)14-6-5-7-15(19)10-14/h5-11H,4,12H2,1-3H3,(H,20,23)(H,21,22). The number of pyridine rings is 1. The predicted octanol–water partition coefficient (Wildman–Crippen LogP) is 3.36. The Kier molecular flexibility index (Phi) is 5.32. The SMILES string of the molecule is CCNC(=O)c1ccc(NCC(C)(C)c2cccc(F)c2)nc1. The van der Waals surface area contributed by atoms with Gasteiger partial charge in [0.25, 0.3) is 5.91 Å². The minimum Gasteiger partial charge on any atom is -0.369 e. The highest BCUT2D eigenvalue weighted by Crippen LogP contribution is 2.24. The third-order valence-corrected chi connectivity index (χ3v) is 3.68. The number of hydrogen-bond acceptors (Lipinski definition) is 3. The molecule has 0 spiro atoms. The van der Waals surface area contributed by atoms with Crippen molar-refractivity contribution in [1.29, 1.82) is 0 Å². The summed E-state index contributed by atoms with van der Waals surface area (Å²) in [5.41, 5.74) is 1.20. The van der Waals surface area contributed by atoms with Crippen molar-refractivity contribution in [2.24, 2.45) is 0 Å². The van der Waals surface area contributed by atoms with Crippen LogP contribution >= 0.6 is 0 Å². The zero-order chi connectivity index (χ0) is 16.9. The molecule has 1 aromatic heterocycles. The second-order valence-electron chi connectivity index (χ2n) is 6.04. The molecule has 0 bridgehead atoms. The van der Waals surface area contributed by atoms with E-state index in [1.54, 1.807) is 30.5 Å². The van der Waals surface area contributed by atoms with Crippen LogP contribution in [-0.4, -0.2) is 24.0 Å². The summed E-state index contributed by atoms with van der Waals surface area (Å²) in [6.45, 7) is 7.13. The van der Waals surface area contributed by atoms with Crippen LogP contribution < -0.4 is 10.6 Å². The molecule has 0 radical (unpaired) electrons. The highest BCUT2D eigenvalue weighted by molar-refractivity contribution is 5.93. The lowest BCUT2D eigenvalue weighted by molar-refractivity contribution is 0.0955. The van der Waals surface area contributed by atoms with Crippen molar-refractivity contribution in [2.45, 2.75) is 26.2 Å². The Morgan fingerprint density at radius 2 is 2.04 bits per heavy atom. The summed E-state index contributed by atoms with van der Waals surface area (Å²) in [5, 5.41) is 5.97. The molecule has 1 heterocycles. The van der Waals surface area contributed by atoms with Crippen molar-refractivity contribution in [3.63, 3.8) is 0 Å². The zero-order valence-corrected chi connectivity index (χ0v) is 13.7. The first-order valence-corrected chi connectivity index (χ1v) is 7.66. The van der Waals surface area contributed by atoms with Gasteiger partial charge >= 0.3 is 0 Å². The molecule has 0 atom stereocenters. The van der Waals surface area contributed by atoms with Crippen LogP contribution in [0.15, 0.2) is 42.6 Å². The minimum atomic E-state index is -0.248. The number of carbonyl (C=O) groups excluding carboxylic acids is 1. The summed E-state index contributed by atoms with van der Waals surface area (Å²) in [6, 6.07) is 10.1. The van der Waals surface area contributed by atoms with E-state index in [4.69, 9.17) is 0 Å². The molecular weight excluding hydrogens is 293 g/mol. The van der Waals surface area contributed by atoms with Crippen LogP contribution in [0.5, 0.6) is 0 Å². The third-order valence-electron chi connectivity index (χ3n) is 3.68. The van der Waals surface area contributed by atoms with Gasteiger partial charge in [-0.15, -0.1) is 0 Å². The molecule has 0 unspecified atom stereocenters. The lowest BCUT2D eigenvalue weighted by atomic mass is 9.84. The molecule has 23 heavy (non-hydrogen) atoms. The fraction of sp³-hybridized carbons (Fsp3) is 0.333. The summed E-state index contributed by atoms with van der Waals surface area (Å²) >= 11 is 0. The van der Waals surface area contributed by atoms with E-state index in [0.717, 1.165) is 5.56 Å². The summed E-state index contributed by atoms with van der Waals surface area (Å²) < 4.78 is 13.4. The fourth-order valence-electron chi connectivity index (χ4n) is 2.22. The number of hydrogen-bond donors (Lipinski definition) is 2. The van der Waals surface area contributed by atoms with Crippen LogP contribution in [-0.2, 0) is 5.41 Å². The van der Waals surface area contributed by atoms with E-state index < -0.39 is 0 Å². The van der Waals surface area contributed by atoms with Gasteiger partial charge in [-0.1, -0.05) is 26.0 Å². The number of halogens is 1. The Bertz CT molecular complexity index is 668. The Hall–Kier alpha value is -2.43. The quantitative estimate of drug-likeness (QED) is 0.859. The van der Waals surface area contributed by atoms with Crippen LogP contribution in [0.25, 0.3) is 0 Å². The largest absolute Gasteiger partial charge is 0.369 e. The molecule has 2 aromatic rings. The average molecular weight is 315 g/mol. The molecule has 2 N–H and O–H groups in total. The van der Waals surface area contributed by atoms with Crippen molar-refractivity contribution in [2.75, 3.05) is 18.4 Å². The summed E-state index contributed by atoms with van der Waals surface area (Å²) in [7, 11) is 0. The Labute approximate surface area is 136 Å². The van der Waals surface area contributed by atoms with Gasteiger partial charge in [-0.05, 0) is 36.8 Å². The molecule has 1 amide bonds. The Balaban J connectivity index is 2.01. The molecule has 0 aliphatic carbocycles. The zero-order valence-electron chi connectivity index (χ0n) is 13.7. The molecule has 2 rings (SSSR count). The van der Waals surface area contributed by atoms with Crippen LogP contribution in [0, 0.1) is 5.82 Å². The maximum atomic E-state index is 13.4. The first-order valence-electron chi connectivity index (χ1n) is 7.66. The average Bonchev–Trinajstić information content (AvgIpc) is 2.54. The first kappa shape index (κ1) is 16.9. The van der Waals surface area contributed by atoms with Crippen molar-refractivity contribution >= 4 is 11.7 Å². The summed E-state index contributed by atoms with van der Waals surface area (Å²) in [4.78, 5) is 15.9. The number of rotatable bonds is 6. The molecule has 4 nitrogen and oxygen atoms in total. The molecular formula is C18H22FN3O. The van der Waals surface area contributed by atoms with E-state index in [-0.39, 0.29) is 17.1 Å². The lowest BCUT2D eigenvalue weighted by Gasteiger charge is -2.26. The van der Waals surface area contributed by atoms with Gasteiger partial charge in [-0.25, -0.2) is 9.37 Å². The number of benzene rings is 1. The highest BCUT2D eigenvalue weighted by Gasteiger charge is 2.21. The third kappa shape index (κ3) is 4.52. The number of nitrogens with one attached hydrogen (secondary N) is 2. The summed E-state index contributed by atoms with van der Waals surface area (Å²) in [5.74, 6) is 0.314. The second-order valence-corrected chi connectivity index (χ2v) is 6.04. The van der Waals surface area contributed by atoms with E-state index in [1.807, 2.05) is 26.8 Å². The van der Waals surface area contributed by atoms with E-state index in [0.29, 0.717) is 24.5 Å². The van der Waals surface area contributed by atoms with Gasteiger partial charge < -0.3 is 10.6 Å². The number of carbonyl (C=O) groups is 1. The van der Waals surface area contributed by atoms with Gasteiger partial charge in [-0.3, -0.25) is 4.79 Å². The molecule has 0 fully saturated rings. The van der Waals surface area contributed by atoms with Gasteiger partial charge in [0.15, 0.2) is 0 Å². The topological polar surface area (TPSA) is 54.0 Å². The smallest absolute Gasteiger partial charge is 0.252 e. The summed E-state index contributed by atoms with van der Waals surface area (Å²) in [6.07, 6.45) is 1.54. The van der Waals surface area contributed by atoms with Gasteiger partial charge in [-0.2, -0.15) is 0 Å². The van der Waals surface area contributed by atoms with Gasteiger partial charge in [0, 0.05) is 24.7 Å². The van der Waals surface area contributed by atoms with Crippen molar-refractivity contribution in [3.8, 4) is 0 Å². The van der Waals surface area contributed by atoms with E-state index in [1.165, 1.54) is 6.07 Å². The van der Waals surface area contributed by atoms with E-state index >= 15 is 0 Å². The van der Waals surface area contributed by atoms with Crippen LogP contribution in [0.1, 0.15) is 36.7 Å². The molecule has 0 aliphatic rings. The van der Waals surface area contributed by atoms with Gasteiger partial charge in [0.2, 0.25) is 0 Å². The molecule has 122 valence electrons. The van der Waals surface area contributed by atoms with Crippen LogP contribution in [0.3, 0.4) is 0 Å². The highest BCUT2D eigenvalue weighted by atomic mass is 19.1. The number of nitrogens with zero attached hydrogens (tertiary/aromatic N) is 1. The first-order chi connectivity index (χ1) is 10.9. The maximum Gasteiger partial charge on any atom is 0.252 e. The number of aromatic nitrogens is 1. The van der Waals surface area contributed by atoms with Gasteiger partial charge in [0.05, 0.1) is 5.56 Å². The van der Waals surface area contributed by atoms with Crippen LogP contribution in [0.2, 0.25) is 0 Å². The molecule has 5 heteroatoms. The molecule has 0 saturated heterocycles. The van der Waals surface area contributed by atoms with Crippen LogP contribution in [0.4, 0.5) is 10.2 Å². The number of amides is 1. The monoisotopic (exact) mass is 315 g/mol. The predicted molar refractivity (Wildman–Crippen MR) is 90.2 cm³/mol. The molecule has 0 aliphatic heterocycles. The maximum absolute atomic E-state index is 13.4.